The molecule has 0 spiro atoms. The fourth-order valence-corrected chi connectivity index (χ4v) is 3.59. The monoisotopic (exact) mass is 353 g/mol. The van der Waals surface area contributed by atoms with Crippen LogP contribution in [0.3, 0.4) is 0 Å². The van der Waals surface area contributed by atoms with E-state index in [0.29, 0.717) is 5.02 Å². The Balaban J connectivity index is 2.31. The Morgan fingerprint density at radius 3 is 2.22 bits per heavy atom. The molecule has 5 nitrogen and oxygen atoms in total. The molecule has 0 unspecified atom stereocenters. The average molecular weight is 354 g/mol. The molecule has 0 fully saturated rings. The highest BCUT2D eigenvalue weighted by Crippen LogP contribution is 2.21. The molecule has 0 aliphatic rings. The quantitative estimate of drug-likeness (QED) is 0.866. The first-order valence-electron chi connectivity index (χ1n) is 6.82. The molecule has 0 saturated carbocycles. The SMILES string of the molecule is CN([C@H](Cc1ccccc1)C(=O)O)S(=O)(=O)c1ccc(Cl)cc1. The van der Waals surface area contributed by atoms with Crippen molar-refractivity contribution in [2.45, 2.75) is 17.4 Å². The van der Waals surface area contributed by atoms with Gasteiger partial charge < -0.3 is 5.11 Å². The Bertz CT molecular complexity index is 775. The molecule has 2 rings (SSSR count). The van der Waals surface area contributed by atoms with Gasteiger partial charge in [0.2, 0.25) is 10.0 Å². The van der Waals surface area contributed by atoms with Crippen molar-refractivity contribution < 1.29 is 18.3 Å². The van der Waals surface area contributed by atoms with Crippen molar-refractivity contribution in [2.24, 2.45) is 0 Å². The van der Waals surface area contributed by atoms with E-state index in [9.17, 15) is 18.3 Å². The second kappa shape index (κ2) is 7.12. The number of likely N-dealkylation sites (N-methyl/N-ethyl adjacent to an activating group) is 1. The van der Waals surface area contributed by atoms with Crippen LogP contribution in [0.5, 0.6) is 0 Å². The standard InChI is InChI=1S/C16H16ClNO4S/c1-18(23(21,22)14-9-7-13(17)8-10-14)15(16(19)20)11-12-5-3-2-4-6-12/h2-10,15H,11H2,1H3,(H,19,20)/t15-/m1/s1. The summed E-state index contributed by atoms with van der Waals surface area (Å²) < 4.78 is 26.1. The summed E-state index contributed by atoms with van der Waals surface area (Å²) >= 11 is 5.76. The van der Waals surface area contributed by atoms with E-state index in [1.807, 2.05) is 6.07 Å². The van der Waals surface area contributed by atoms with Gasteiger partial charge in [-0.3, -0.25) is 4.79 Å². The van der Waals surface area contributed by atoms with E-state index >= 15 is 0 Å². The van der Waals surface area contributed by atoms with Crippen LogP contribution in [0.1, 0.15) is 5.56 Å². The lowest BCUT2D eigenvalue weighted by atomic mass is 10.1. The lowest BCUT2D eigenvalue weighted by molar-refractivity contribution is -0.141. The minimum absolute atomic E-state index is 0.00344. The van der Waals surface area contributed by atoms with Gasteiger partial charge in [-0.25, -0.2) is 8.42 Å². The van der Waals surface area contributed by atoms with Crippen molar-refractivity contribution in [3.05, 3.63) is 65.2 Å². The molecule has 0 radical (unpaired) electrons. The molecule has 2 aromatic carbocycles. The van der Waals surface area contributed by atoms with Crippen LogP contribution in [0.2, 0.25) is 5.02 Å². The molecule has 0 heterocycles. The average Bonchev–Trinajstić information content (AvgIpc) is 2.53. The predicted octanol–water partition coefficient (Wildman–Crippen LogP) is 2.66. The molecule has 23 heavy (non-hydrogen) atoms. The van der Waals surface area contributed by atoms with E-state index in [2.05, 4.69) is 0 Å². The Morgan fingerprint density at radius 1 is 1.13 bits per heavy atom. The zero-order chi connectivity index (χ0) is 17.0. The number of rotatable bonds is 6. The van der Waals surface area contributed by atoms with Crippen molar-refractivity contribution in [3.63, 3.8) is 0 Å². The Kier molecular flexibility index (Phi) is 5.41. The maximum absolute atomic E-state index is 12.6. The summed E-state index contributed by atoms with van der Waals surface area (Å²) in [5.74, 6) is -1.20. The summed E-state index contributed by atoms with van der Waals surface area (Å²) in [5, 5.41) is 9.84. The van der Waals surface area contributed by atoms with Crippen molar-refractivity contribution in [2.75, 3.05) is 7.05 Å². The lowest BCUT2D eigenvalue weighted by Crippen LogP contribution is -2.43. The zero-order valence-corrected chi connectivity index (χ0v) is 14.0. The number of hydrogen-bond acceptors (Lipinski definition) is 3. The Hall–Kier alpha value is -1.89. The highest BCUT2D eigenvalue weighted by molar-refractivity contribution is 7.89. The molecule has 0 aromatic heterocycles. The van der Waals surface area contributed by atoms with Crippen LogP contribution >= 0.6 is 11.6 Å². The summed E-state index contributed by atoms with van der Waals surface area (Å²) in [6.45, 7) is 0. The number of nitrogens with zero attached hydrogens (tertiary/aromatic N) is 1. The predicted molar refractivity (Wildman–Crippen MR) is 88.0 cm³/mol. The Labute approximate surface area is 140 Å². The summed E-state index contributed by atoms with van der Waals surface area (Å²) in [5.41, 5.74) is 0.748. The topological polar surface area (TPSA) is 74.7 Å². The van der Waals surface area contributed by atoms with E-state index in [4.69, 9.17) is 11.6 Å². The molecule has 0 saturated heterocycles. The van der Waals surface area contributed by atoms with Gasteiger partial charge in [0.05, 0.1) is 4.90 Å². The van der Waals surface area contributed by atoms with Gasteiger partial charge in [-0.2, -0.15) is 4.31 Å². The minimum Gasteiger partial charge on any atom is -0.480 e. The number of benzene rings is 2. The first-order valence-corrected chi connectivity index (χ1v) is 8.64. The van der Waals surface area contributed by atoms with Crippen LogP contribution in [0.15, 0.2) is 59.5 Å². The van der Waals surface area contributed by atoms with Gasteiger partial charge in [0.15, 0.2) is 0 Å². The number of hydrogen-bond donors (Lipinski definition) is 1. The van der Waals surface area contributed by atoms with Crippen LogP contribution < -0.4 is 0 Å². The van der Waals surface area contributed by atoms with E-state index in [0.717, 1.165) is 9.87 Å². The van der Waals surface area contributed by atoms with Gasteiger partial charge in [-0.1, -0.05) is 41.9 Å². The molecule has 1 N–H and O–H groups in total. The van der Waals surface area contributed by atoms with Crippen LogP contribution in [0.4, 0.5) is 0 Å². The van der Waals surface area contributed by atoms with Crippen molar-refractivity contribution >= 4 is 27.6 Å². The lowest BCUT2D eigenvalue weighted by Gasteiger charge is -2.24. The van der Waals surface area contributed by atoms with Crippen molar-refractivity contribution in [3.8, 4) is 0 Å². The maximum Gasteiger partial charge on any atom is 0.322 e. The molecular formula is C16H16ClNO4S. The first kappa shape index (κ1) is 17.5. The summed E-state index contributed by atoms with van der Waals surface area (Å²) in [6.07, 6.45) is 0.0828. The fourth-order valence-electron chi connectivity index (χ4n) is 2.15. The van der Waals surface area contributed by atoms with Gasteiger partial charge in [-0.05, 0) is 36.2 Å². The smallest absolute Gasteiger partial charge is 0.322 e. The third kappa shape index (κ3) is 4.10. The highest BCUT2D eigenvalue weighted by atomic mass is 35.5. The number of sulfonamides is 1. The maximum atomic E-state index is 12.6. The van der Waals surface area contributed by atoms with Crippen LogP contribution in [-0.2, 0) is 21.2 Å². The van der Waals surface area contributed by atoms with Crippen molar-refractivity contribution in [1.82, 2.24) is 4.31 Å². The highest BCUT2D eigenvalue weighted by Gasteiger charge is 2.32. The van der Waals surface area contributed by atoms with E-state index < -0.39 is 22.0 Å². The molecule has 7 heteroatoms. The fraction of sp³-hybridized carbons (Fsp3) is 0.188. The van der Waals surface area contributed by atoms with Crippen LogP contribution in [-0.4, -0.2) is 36.9 Å². The van der Waals surface area contributed by atoms with Gasteiger partial charge in [0.25, 0.3) is 0 Å². The molecular weight excluding hydrogens is 338 g/mol. The number of carboxylic acid groups (broad SMARTS) is 1. The van der Waals surface area contributed by atoms with Crippen LogP contribution in [0.25, 0.3) is 0 Å². The second-order valence-corrected chi connectivity index (χ2v) is 7.45. The molecule has 122 valence electrons. The van der Waals surface area contributed by atoms with Gasteiger partial charge in [0.1, 0.15) is 6.04 Å². The number of halogens is 1. The second-order valence-electron chi connectivity index (χ2n) is 5.02. The van der Waals surface area contributed by atoms with E-state index in [1.54, 1.807) is 24.3 Å². The molecule has 0 bridgehead atoms. The first-order chi connectivity index (χ1) is 10.8. The van der Waals surface area contributed by atoms with Gasteiger partial charge in [-0.15, -0.1) is 0 Å². The third-order valence-electron chi connectivity index (χ3n) is 3.49. The van der Waals surface area contributed by atoms with Crippen LogP contribution in [0, 0.1) is 0 Å². The molecule has 0 aliphatic carbocycles. The van der Waals surface area contributed by atoms with E-state index in [-0.39, 0.29) is 11.3 Å². The largest absolute Gasteiger partial charge is 0.480 e. The molecule has 0 amide bonds. The third-order valence-corrected chi connectivity index (χ3v) is 5.62. The Morgan fingerprint density at radius 2 is 1.70 bits per heavy atom. The zero-order valence-electron chi connectivity index (χ0n) is 12.4. The summed E-state index contributed by atoms with van der Waals surface area (Å²) in [7, 11) is -2.66. The van der Waals surface area contributed by atoms with E-state index in [1.165, 1.54) is 31.3 Å². The summed E-state index contributed by atoms with van der Waals surface area (Å²) in [4.78, 5) is 11.6. The number of carbonyl (C=O) groups is 1. The molecule has 2 aromatic rings. The number of carboxylic acids is 1. The van der Waals surface area contributed by atoms with Gasteiger partial charge in [0, 0.05) is 12.1 Å². The van der Waals surface area contributed by atoms with Gasteiger partial charge >= 0.3 is 5.97 Å². The normalized spacial score (nSPS) is 13.0. The molecule has 0 aliphatic heterocycles. The summed E-state index contributed by atoms with van der Waals surface area (Å²) in [6, 6.07) is 13.3. The molecule has 1 atom stereocenters. The minimum atomic E-state index is -3.93. The number of aliphatic carboxylic acids is 1. The van der Waals surface area contributed by atoms with Crippen molar-refractivity contribution in [1.29, 1.82) is 0 Å².